The Morgan fingerprint density at radius 3 is 2.59 bits per heavy atom. The quantitative estimate of drug-likeness (QED) is 0.872. The molecule has 2 aromatic rings. The van der Waals surface area contributed by atoms with Crippen LogP contribution in [0.5, 0.6) is 0 Å². The maximum Gasteiger partial charge on any atom is 0.0443 e. The van der Waals surface area contributed by atoms with Crippen molar-refractivity contribution in [2.45, 2.75) is 18.4 Å². The zero-order valence-electron chi connectivity index (χ0n) is 10.2. The number of benzene rings is 2. The van der Waals surface area contributed by atoms with Crippen LogP contribution in [0.25, 0.3) is 10.8 Å². The molecule has 3 rings (SSSR count). The van der Waals surface area contributed by atoms with Crippen molar-refractivity contribution in [3.8, 4) is 0 Å². The molecule has 1 fully saturated rings. The molecule has 0 unspecified atom stereocenters. The van der Waals surface area contributed by atoms with Crippen LogP contribution >= 0.6 is 0 Å². The maximum absolute atomic E-state index is 6.19. The highest BCUT2D eigenvalue weighted by Crippen LogP contribution is 2.35. The van der Waals surface area contributed by atoms with Crippen molar-refractivity contribution in [3.05, 3.63) is 42.5 Å². The van der Waals surface area contributed by atoms with E-state index < -0.39 is 0 Å². The smallest absolute Gasteiger partial charge is 0.0443 e. The Hall–Kier alpha value is -1.54. The van der Waals surface area contributed by atoms with E-state index in [-0.39, 0.29) is 5.54 Å². The van der Waals surface area contributed by atoms with Crippen LogP contribution in [0.4, 0.5) is 5.69 Å². The van der Waals surface area contributed by atoms with Gasteiger partial charge in [0.1, 0.15) is 0 Å². The number of rotatable bonds is 3. The molecule has 17 heavy (non-hydrogen) atoms. The summed E-state index contributed by atoms with van der Waals surface area (Å²) in [5.41, 5.74) is 7.53. The molecule has 0 heterocycles. The lowest BCUT2D eigenvalue weighted by atomic mass is 10.1. The van der Waals surface area contributed by atoms with Crippen molar-refractivity contribution in [2.75, 3.05) is 18.5 Å². The van der Waals surface area contributed by atoms with E-state index in [2.05, 4.69) is 54.4 Å². The molecule has 2 aromatic carbocycles. The third kappa shape index (κ3) is 2.01. The highest BCUT2D eigenvalue weighted by atomic mass is 15.1. The van der Waals surface area contributed by atoms with Crippen LogP contribution in [0.3, 0.4) is 0 Å². The Kier molecular flexibility index (Phi) is 2.33. The van der Waals surface area contributed by atoms with Gasteiger partial charge in [0.25, 0.3) is 0 Å². The summed E-state index contributed by atoms with van der Waals surface area (Å²) in [6, 6.07) is 15.0. The van der Waals surface area contributed by atoms with Gasteiger partial charge in [-0.1, -0.05) is 36.4 Å². The fraction of sp³-hybridized carbons (Fsp3) is 0.333. The molecule has 0 aromatic heterocycles. The summed E-state index contributed by atoms with van der Waals surface area (Å²) in [7, 11) is 2.13. The number of nitrogens with zero attached hydrogens (tertiary/aromatic N) is 1. The van der Waals surface area contributed by atoms with Crippen LogP contribution in [-0.4, -0.2) is 19.1 Å². The van der Waals surface area contributed by atoms with Gasteiger partial charge in [0.2, 0.25) is 0 Å². The Balaban J connectivity index is 1.98. The molecule has 0 amide bonds. The lowest BCUT2D eigenvalue weighted by Crippen LogP contribution is -2.37. The summed E-state index contributed by atoms with van der Waals surface area (Å²) in [5.74, 6) is 0. The number of likely N-dealkylation sites (N-methyl/N-ethyl adjacent to an activating group) is 1. The predicted molar refractivity (Wildman–Crippen MR) is 73.4 cm³/mol. The van der Waals surface area contributed by atoms with E-state index >= 15 is 0 Å². The van der Waals surface area contributed by atoms with E-state index in [0.29, 0.717) is 0 Å². The third-order valence-corrected chi connectivity index (χ3v) is 3.62. The lowest BCUT2D eigenvalue weighted by Gasteiger charge is -2.24. The van der Waals surface area contributed by atoms with Gasteiger partial charge in [0.05, 0.1) is 0 Å². The first kappa shape index (κ1) is 10.6. The van der Waals surface area contributed by atoms with E-state index in [4.69, 9.17) is 5.73 Å². The average Bonchev–Trinajstić information content (AvgIpc) is 3.06. The molecule has 1 aliphatic rings. The molecule has 1 saturated carbocycles. The molecule has 2 N–H and O–H groups in total. The topological polar surface area (TPSA) is 29.3 Å². The minimum Gasteiger partial charge on any atom is -0.372 e. The van der Waals surface area contributed by atoms with Gasteiger partial charge in [0.15, 0.2) is 0 Å². The molecular formula is C15H18N2. The van der Waals surface area contributed by atoms with Crippen LogP contribution in [0, 0.1) is 0 Å². The first-order valence-electron chi connectivity index (χ1n) is 6.16. The molecule has 0 spiro atoms. The van der Waals surface area contributed by atoms with E-state index in [9.17, 15) is 0 Å². The first-order valence-corrected chi connectivity index (χ1v) is 6.16. The zero-order valence-corrected chi connectivity index (χ0v) is 10.2. The number of nitrogens with two attached hydrogens (primary N) is 1. The van der Waals surface area contributed by atoms with Gasteiger partial charge in [0, 0.05) is 30.2 Å². The summed E-state index contributed by atoms with van der Waals surface area (Å²) in [4.78, 5) is 2.29. The van der Waals surface area contributed by atoms with Gasteiger partial charge in [-0.15, -0.1) is 0 Å². The van der Waals surface area contributed by atoms with Crippen LogP contribution in [0.2, 0.25) is 0 Å². The monoisotopic (exact) mass is 226 g/mol. The van der Waals surface area contributed by atoms with Crippen LogP contribution in [0.1, 0.15) is 12.8 Å². The zero-order chi connectivity index (χ0) is 11.9. The van der Waals surface area contributed by atoms with Crippen molar-refractivity contribution in [1.82, 2.24) is 0 Å². The molecule has 1 aliphatic carbocycles. The van der Waals surface area contributed by atoms with Crippen LogP contribution < -0.4 is 10.6 Å². The normalized spacial score (nSPS) is 17.1. The highest BCUT2D eigenvalue weighted by molar-refractivity contribution is 5.94. The second kappa shape index (κ2) is 3.74. The van der Waals surface area contributed by atoms with Gasteiger partial charge in [-0.2, -0.15) is 0 Å². The van der Waals surface area contributed by atoms with Gasteiger partial charge in [-0.3, -0.25) is 0 Å². The van der Waals surface area contributed by atoms with Crippen LogP contribution in [0.15, 0.2) is 42.5 Å². The molecule has 2 nitrogen and oxygen atoms in total. The van der Waals surface area contributed by atoms with E-state index in [1.165, 1.54) is 16.5 Å². The second-order valence-electron chi connectivity index (χ2n) is 5.22. The van der Waals surface area contributed by atoms with Gasteiger partial charge >= 0.3 is 0 Å². The van der Waals surface area contributed by atoms with Crippen molar-refractivity contribution in [3.63, 3.8) is 0 Å². The van der Waals surface area contributed by atoms with Crippen molar-refractivity contribution in [1.29, 1.82) is 0 Å². The minimum absolute atomic E-state index is 0.0612. The maximum atomic E-state index is 6.19. The van der Waals surface area contributed by atoms with Gasteiger partial charge in [-0.05, 0) is 24.3 Å². The van der Waals surface area contributed by atoms with Gasteiger partial charge < -0.3 is 10.6 Å². The standard InChI is InChI=1S/C15H18N2/c1-17(11-15(16)9-10-15)14-8-4-6-12-5-2-3-7-13(12)14/h2-8H,9-11,16H2,1H3. The lowest BCUT2D eigenvalue weighted by molar-refractivity contribution is 0.661. The minimum atomic E-state index is 0.0612. The molecule has 2 heteroatoms. The average molecular weight is 226 g/mol. The SMILES string of the molecule is CN(CC1(N)CC1)c1cccc2ccccc12. The van der Waals surface area contributed by atoms with Crippen molar-refractivity contribution < 1.29 is 0 Å². The number of fused-ring (bicyclic) bond motifs is 1. The van der Waals surface area contributed by atoms with E-state index in [0.717, 1.165) is 19.4 Å². The van der Waals surface area contributed by atoms with Gasteiger partial charge in [-0.25, -0.2) is 0 Å². The number of hydrogen-bond acceptors (Lipinski definition) is 2. The summed E-state index contributed by atoms with van der Waals surface area (Å²) < 4.78 is 0. The first-order chi connectivity index (χ1) is 8.18. The Bertz CT molecular complexity index is 538. The third-order valence-electron chi connectivity index (χ3n) is 3.62. The number of anilines is 1. The Morgan fingerprint density at radius 1 is 1.12 bits per heavy atom. The molecule has 0 atom stereocenters. The van der Waals surface area contributed by atoms with Crippen molar-refractivity contribution >= 4 is 16.5 Å². The second-order valence-corrected chi connectivity index (χ2v) is 5.22. The fourth-order valence-electron chi connectivity index (χ4n) is 2.42. The molecule has 0 radical (unpaired) electrons. The molecule has 0 bridgehead atoms. The Labute approximate surface area is 102 Å². The summed E-state index contributed by atoms with van der Waals surface area (Å²) in [5, 5.41) is 2.60. The number of hydrogen-bond donors (Lipinski definition) is 1. The van der Waals surface area contributed by atoms with Crippen LogP contribution in [-0.2, 0) is 0 Å². The van der Waals surface area contributed by atoms with Crippen molar-refractivity contribution in [2.24, 2.45) is 5.73 Å². The molecular weight excluding hydrogens is 208 g/mol. The largest absolute Gasteiger partial charge is 0.372 e. The summed E-state index contributed by atoms with van der Waals surface area (Å²) in [6.07, 6.45) is 2.31. The molecule has 0 aliphatic heterocycles. The fourth-order valence-corrected chi connectivity index (χ4v) is 2.42. The highest BCUT2D eigenvalue weighted by Gasteiger charge is 2.39. The molecule has 0 saturated heterocycles. The Morgan fingerprint density at radius 2 is 1.82 bits per heavy atom. The molecule has 88 valence electrons. The summed E-state index contributed by atoms with van der Waals surface area (Å²) in [6.45, 7) is 0.945. The predicted octanol–water partition coefficient (Wildman–Crippen LogP) is 2.77. The van der Waals surface area contributed by atoms with E-state index in [1.54, 1.807) is 0 Å². The summed E-state index contributed by atoms with van der Waals surface area (Å²) >= 11 is 0. The van der Waals surface area contributed by atoms with E-state index in [1.807, 2.05) is 0 Å².